The van der Waals surface area contributed by atoms with E-state index in [9.17, 15) is 9.59 Å². The van der Waals surface area contributed by atoms with Crippen LogP contribution in [-0.4, -0.2) is 48.1 Å². The molecular weight excluding hydrogens is 252 g/mol. The molecule has 100 valence electrons. The minimum atomic E-state index is -0.430. The summed E-state index contributed by atoms with van der Waals surface area (Å²) in [5.74, 6) is -0.400. The van der Waals surface area contributed by atoms with Crippen LogP contribution in [0, 0.1) is 0 Å². The fourth-order valence-electron chi connectivity index (χ4n) is 1.29. The van der Waals surface area contributed by atoms with E-state index in [0.717, 1.165) is 0 Å². The molecule has 0 aromatic carbocycles. The average Bonchev–Trinajstić information content (AvgIpc) is 2.86. The third-order valence-electron chi connectivity index (χ3n) is 2.45. The SMILES string of the molecule is CC(O)CCN(C)C(=O)CNC(=O)c1cccs1. The average molecular weight is 270 g/mol. The predicted octanol–water partition coefficient (Wildman–Crippen LogP) is 0.707. The molecule has 0 radical (unpaired) electrons. The Labute approximate surface area is 110 Å². The van der Waals surface area contributed by atoms with Crippen molar-refractivity contribution < 1.29 is 14.7 Å². The van der Waals surface area contributed by atoms with Crippen molar-refractivity contribution >= 4 is 23.2 Å². The number of hydrogen-bond acceptors (Lipinski definition) is 4. The van der Waals surface area contributed by atoms with E-state index in [1.54, 1.807) is 26.1 Å². The zero-order chi connectivity index (χ0) is 13.5. The quantitative estimate of drug-likeness (QED) is 0.799. The fraction of sp³-hybridized carbons (Fsp3) is 0.500. The van der Waals surface area contributed by atoms with E-state index in [0.29, 0.717) is 17.8 Å². The van der Waals surface area contributed by atoms with Gasteiger partial charge in [0.2, 0.25) is 5.91 Å². The summed E-state index contributed by atoms with van der Waals surface area (Å²) in [6.07, 6.45) is 0.0992. The van der Waals surface area contributed by atoms with Gasteiger partial charge in [-0.05, 0) is 24.8 Å². The van der Waals surface area contributed by atoms with Crippen LogP contribution in [0.4, 0.5) is 0 Å². The lowest BCUT2D eigenvalue weighted by molar-refractivity contribution is -0.129. The molecule has 0 spiro atoms. The van der Waals surface area contributed by atoms with E-state index < -0.39 is 6.10 Å². The highest BCUT2D eigenvalue weighted by atomic mass is 32.1. The highest BCUT2D eigenvalue weighted by Gasteiger charge is 2.12. The largest absolute Gasteiger partial charge is 0.393 e. The molecule has 0 saturated heterocycles. The van der Waals surface area contributed by atoms with Gasteiger partial charge in [0, 0.05) is 13.6 Å². The zero-order valence-electron chi connectivity index (χ0n) is 10.5. The Morgan fingerprint density at radius 2 is 2.28 bits per heavy atom. The summed E-state index contributed by atoms with van der Waals surface area (Å²) < 4.78 is 0. The number of hydrogen-bond donors (Lipinski definition) is 2. The van der Waals surface area contributed by atoms with Crippen LogP contribution < -0.4 is 5.32 Å². The first kappa shape index (κ1) is 14.7. The standard InChI is InChI=1S/C12H18N2O3S/c1-9(15)5-6-14(2)11(16)8-13-12(17)10-4-3-7-18-10/h3-4,7,9,15H,5-6,8H2,1-2H3,(H,13,17). The monoisotopic (exact) mass is 270 g/mol. The van der Waals surface area contributed by atoms with Crippen molar-refractivity contribution in [2.75, 3.05) is 20.1 Å². The maximum atomic E-state index is 11.7. The van der Waals surface area contributed by atoms with Crippen molar-refractivity contribution in [2.45, 2.75) is 19.4 Å². The molecular formula is C12H18N2O3S. The summed E-state index contributed by atoms with van der Waals surface area (Å²) in [7, 11) is 1.65. The van der Waals surface area contributed by atoms with Gasteiger partial charge in [-0.1, -0.05) is 6.07 Å². The first-order chi connectivity index (χ1) is 8.50. The number of thiophene rings is 1. The molecule has 0 aliphatic heterocycles. The first-order valence-corrected chi connectivity index (χ1v) is 6.62. The van der Waals surface area contributed by atoms with Crippen molar-refractivity contribution in [1.29, 1.82) is 0 Å². The van der Waals surface area contributed by atoms with E-state index in [-0.39, 0.29) is 18.4 Å². The second kappa shape index (κ2) is 7.13. The molecule has 0 fully saturated rings. The normalized spacial score (nSPS) is 11.9. The van der Waals surface area contributed by atoms with Gasteiger partial charge in [0.15, 0.2) is 0 Å². The van der Waals surface area contributed by atoms with Gasteiger partial charge in [-0.3, -0.25) is 9.59 Å². The lowest BCUT2D eigenvalue weighted by Crippen LogP contribution is -2.38. The van der Waals surface area contributed by atoms with Crippen LogP contribution in [0.25, 0.3) is 0 Å². The number of likely N-dealkylation sites (N-methyl/N-ethyl adjacent to an activating group) is 1. The maximum Gasteiger partial charge on any atom is 0.261 e. The van der Waals surface area contributed by atoms with E-state index in [4.69, 9.17) is 5.11 Å². The molecule has 1 heterocycles. The maximum absolute atomic E-state index is 11.7. The van der Waals surface area contributed by atoms with E-state index in [1.165, 1.54) is 16.2 Å². The number of nitrogens with zero attached hydrogens (tertiary/aromatic N) is 1. The molecule has 1 atom stereocenters. The van der Waals surface area contributed by atoms with Crippen LogP contribution in [0.2, 0.25) is 0 Å². The first-order valence-electron chi connectivity index (χ1n) is 5.74. The van der Waals surface area contributed by atoms with Crippen LogP contribution in [0.1, 0.15) is 23.0 Å². The van der Waals surface area contributed by atoms with E-state index in [2.05, 4.69) is 5.32 Å². The highest BCUT2D eigenvalue weighted by Crippen LogP contribution is 2.07. The molecule has 1 rings (SSSR count). The second-order valence-electron chi connectivity index (χ2n) is 4.11. The lowest BCUT2D eigenvalue weighted by Gasteiger charge is -2.18. The molecule has 1 aromatic rings. The van der Waals surface area contributed by atoms with E-state index >= 15 is 0 Å². The summed E-state index contributed by atoms with van der Waals surface area (Å²) in [4.78, 5) is 25.3. The molecule has 0 bridgehead atoms. The van der Waals surface area contributed by atoms with E-state index in [1.807, 2.05) is 5.38 Å². The smallest absolute Gasteiger partial charge is 0.261 e. The summed E-state index contributed by atoms with van der Waals surface area (Å²) in [6.45, 7) is 2.13. The molecule has 6 heteroatoms. The van der Waals surface area contributed by atoms with Crippen molar-refractivity contribution in [3.8, 4) is 0 Å². The Morgan fingerprint density at radius 3 is 2.83 bits per heavy atom. The van der Waals surface area contributed by atoms with Gasteiger partial charge < -0.3 is 15.3 Å². The van der Waals surface area contributed by atoms with Crippen LogP contribution >= 0.6 is 11.3 Å². The number of nitrogens with one attached hydrogen (secondary N) is 1. The molecule has 2 amide bonds. The molecule has 0 saturated carbocycles. The molecule has 5 nitrogen and oxygen atoms in total. The Bertz CT molecular complexity index is 390. The van der Waals surface area contributed by atoms with Gasteiger partial charge in [-0.25, -0.2) is 0 Å². The minimum Gasteiger partial charge on any atom is -0.393 e. The Kier molecular flexibility index (Phi) is 5.80. The summed E-state index contributed by atoms with van der Waals surface area (Å²) in [6, 6.07) is 3.50. The van der Waals surface area contributed by atoms with Gasteiger partial charge in [0.25, 0.3) is 5.91 Å². The Morgan fingerprint density at radius 1 is 1.56 bits per heavy atom. The molecule has 2 N–H and O–H groups in total. The van der Waals surface area contributed by atoms with Crippen LogP contribution in [-0.2, 0) is 4.79 Å². The summed E-state index contributed by atoms with van der Waals surface area (Å²) in [5.41, 5.74) is 0. The molecule has 0 aliphatic carbocycles. The number of carbonyl (C=O) groups excluding carboxylic acids is 2. The van der Waals surface area contributed by atoms with Gasteiger partial charge in [-0.2, -0.15) is 0 Å². The zero-order valence-corrected chi connectivity index (χ0v) is 11.4. The topological polar surface area (TPSA) is 69.6 Å². The number of carbonyl (C=O) groups is 2. The third kappa shape index (κ3) is 4.85. The molecule has 1 aromatic heterocycles. The Balaban J connectivity index is 2.30. The predicted molar refractivity (Wildman–Crippen MR) is 70.6 cm³/mol. The van der Waals surface area contributed by atoms with Crippen molar-refractivity contribution in [1.82, 2.24) is 10.2 Å². The van der Waals surface area contributed by atoms with Gasteiger partial charge in [-0.15, -0.1) is 11.3 Å². The summed E-state index contributed by atoms with van der Waals surface area (Å²) in [5, 5.41) is 13.5. The Hall–Kier alpha value is -1.40. The minimum absolute atomic E-state index is 0.0208. The molecule has 0 aliphatic rings. The number of aliphatic hydroxyl groups excluding tert-OH is 1. The van der Waals surface area contributed by atoms with Crippen LogP contribution in [0.15, 0.2) is 17.5 Å². The number of aliphatic hydroxyl groups is 1. The number of amides is 2. The third-order valence-corrected chi connectivity index (χ3v) is 3.32. The lowest BCUT2D eigenvalue weighted by atomic mass is 10.3. The van der Waals surface area contributed by atoms with Crippen molar-refractivity contribution in [3.05, 3.63) is 22.4 Å². The van der Waals surface area contributed by atoms with Gasteiger partial charge in [0.1, 0.15) is 0 Å². The van der Waals surface area contributed by atoms with Gasteiger partial charge >= 0.3 is 0 Å². The van der Waals surface area contributed by atoms with Gasteiger partial charge in [0.05, 0.1) is 17.5 Å². The van der Waals surface area contributed by atoms with Crippen LogP contribution in [0.3, 0.4) is 0 Å². The fourth-order valence-corrected chi connectivity index (χ4v) is 1.93. The van der Waals surface area contributed by atoms with Crippen LogP contribution in [0.5, 0.6) is 0 Å². The molecule has 18 heavy (non-hydrogen) atoms. The summed E-state index contributed by atoms with van der Waals surface area (Å²) >= 11 is 1.34. The van der Waals surface area contributed by atoms with Crippen molar-refractivity contribution in [3.63, 3.8) is 0 Å². The highest BCUT2D eigenvalue weighted by molar-refractivity contribution is 7.12. The van der Waals surface area contributed by atoms with Crippen molar-refractivity contribution in [2.24, 2.45) is 0 Å². The number of rotatable bonds is 6. The molecule has 1 unspecified atom stereocenters. The second-order valence-corrected chi connectivity index (χ2v) is 5.06.